The molecule has 1 amide bonds. The van der Waals surface area contributed by atoms with E-state index < -0.39 is 40.3 Å². The third kappa shape index (κ3) is 4.59. The van der Waals surface area contributed by atoms with Gasteiger partial charge in [-0.2, -0.15) is 13.2 Å². The Balaban J connectivity index is 2.92. The lowest BCUT2D eigenvalue weighted by molar-refractivity contribution is -0.140. The van der Waals surface area contributed by atoms with Gasteiger partial charge in [0.05, 0.1) is 5.56 Å². The Hall–Kier alpha value is -1.44. The van der Waals surface area contributed by atoms with Gasteiger partial charge in [0.25, 0.3) is 5.91 Å². The fourth-order valence-corrected chi connectivity index (χ4v) is 2.37. The second-order valence-electron chi connectivity index (χ2n) is 4.31. The van der Waals surface area contributed by atoms with E-state index in [0.717, 1.165) is 6.07 Å². The largest absolute Gasteiger partial charge is 0.419 e. The van der Waals surface area contributed by atoms with E-state index in [1.165, 1.54) is 6.26 Å². The van der Waals surface area contributed by atoms with E-state index in [0.29, 0.717) is 12.1 Å². The predicted molar refractivity (Wildman–Crippen MR) is 67.3 cm³/mol. The molecule has 1 N–H and O–H groups in total. The van der Waals surface area contributed by atoms with Gasteiger partial charge in [0.2, 0.25) is 0 Å². The average Bonchev–Trinajstić information content (AvgIpc) is 2.26. The molecule has 0 aromatic heterocycles. The topological polar surface area (TPSA) is 46.2 Å². The van der Waals surface area contributed by atoms with Crippen molar-refractivity contribution in [1.82, 2.24) is 5.32 Å². The minimum absolute atomic E-state index is 0.180. The molecular formula is C12H13F4NO2S. The van der Waals surface area contributed by atoms with Gasteiger partial charge in [0.15, 0.2) is 0 Å². The smallest absolute Gasteiger partial charge is 0.349 e. The maximum absolute atomic E-state index is 13.1. The number of hydrogen-bond acceptors (Lipinski definition) is 2. The third-order valence-electron chi connectivity index (χ3n) is 2.40. The predicted octanol–water partition coefficient (Wildman–Crippen LogP) is 2.34. The molecule has 0 bridgehead atoms. The van der Waals surface area contributed by atoms with Crippen LogP contribution in [0.4, 0.5) is 17.6 Å². The van der Waals surface area contributed by atoms with Crippen molar-refractivity contribution in [2.24, 2.45) is 0 Å². The van der Waals surface area contributed by atoms with Gasteiger partial charge >= 0.3 is 6.18 Å². The van der Waals surface area contributed by atoms with Crippen LogP contribution in [0.25, 0.3) is 0 Å². The highest BCUT2D eigenvalue weighted by Gasteiger charge is 2.34. The van der Waals surface area contributed by atoms with Crippen molar-refractivity contribution in [3.05, 3.63) is 35.1 Å². The number of nitrogens with one attached hydrogen (secondary N) is 1. The summed E-state index contributed by atoms with van der Waals surface area (Å²) in [5, 5.41) is 2.40. The van der Waals surface area contributed by atoms with Crippen molar-refractivity contribution < 1.29 is 26.6 Å². The van der Waals surface area contributed by atoms with Gasteiger partial charge in [-0.3, -0.25) is 9.00 Å². The number of alkyl halides is 3. The number of halogens is 4. The van der Waals surface area contributed by atoms with E-state index in [4.69, 9.17) is 0 Å². The maximum Gasteiger partial charge on any atom is 0.419 e. The lowest BCUT2D eigenvalue weighted by atomic mass is 10.1. The molecule has 0 aliphatic carbocycles. The molecule has 112 valence electrons. The minimum atomic E-state index is -4.86. The van der Waals surface area contributed by atoms with Crippen LogP contribution in [0.3, 0.4) is 0 Å². The molecule has 0 fully saturated rings. The van der Waals surface area contributed by atoms with Crippen LogP contribution in [-0.4, -0.2) is 28.2 Å². The first kappa shape index (κ1) is 16.6. The number of amides is 1. The molecule has 2 atom stereocenters. The van der Waals surface area contributed by atoms with Crippen LogP contribution in [0.1, 0.15) is 22.8 Å². The van der Waals surface area contributed by atoms with Crippen LogP contribution >= 0.6 is 0 Å². The SMILES string of the molecule is CC(CS(C)=O)NC(=O)c1ccc(F)c(C(F)(F)F)c1. The zero-order chi connectivity index (χ0) is 15.5. The second-order valence-corrected chi connectivity index (χ2v) is 5.79. The summed E-state index contributed by atoms with van der Waals surface area (Å²) in [4.78, 5) is 11.7. The number of benzene rings is 1. The summed E-state index contributed by atoms with van der Waals surface area (Å²) in [7, 11) is -1.15. The van der Waals surface area contributed by atoms with E-state index in [9.17, 15) is 26.6 Å². The number of rotatable bonds is 4. The van der Waals surface area contributed by atoms with Crippen molar-refractivity contribution in [2.45, 2.75) is 19.1 Å². The monoisotopic (exact) mass is 311 g/mol. The molecule has 20 heavy (non-hydrogen) atoms. The Bertz CT molecular complexity index is 531. The van der Waals surface area contributed by atoms with Crippen molar-refractivity contribution in [2.75, 3.05) is 12.0 Å². The molecule has 0 aliphatic rings. The normalized spacial score (nSPS) is 14.7. The van der Waals surface area contributed by atoms with E-state index in [1.54, 1.807) is 6.92 Å². The number of carbonyl (C=O) groups excluding carboxylic acids is 1. The van der Waals surface area contributed by atoms with Gasteiger partial charge in [-0.05, 0) is 25.1 Å². The average molecular weight is 311 g/mol. The summed E-state index contributed by atoms with van der Waals surface area (Å²) in [6.07, 6.45) is -3.42. The molecule has 0 spiro atoms. The zero-order valence-corrected chi connectivity index (χ0v) is 11.6. The van der Waals surface area contributed by atoms with Crippen LogP contribution < -0.4 is 5.32 Å². The molecule has 1 aromatic rings. The van der Waals surface area contributed by atoms with Crippen LogP contribution in [-0.2, 0) is 17.0 Å². The molecule has 0 aliphatic heterocycles. The summed E-state index contributed by atoms with van der Waals surface area (Å²) in [5.74, 6) is -2.02. The molecule has 2 unspecified atom stereocenters. The van der Waals surface area contributed by atoms with Crippen LogP contribution in [0, 0.1) is 5.82 Å². The first-order valence-corrected chi connectivity index (χ1v) is 7.31. The van der Waals surface area contributed by atoms with Crippen molar-refractivity contribution >= 4 is 16.7 Å². The van der Waals surface area contributed by atoms with Gasteiger partial charge in [0, 0.05) is 34.4 Å². The summed E-state index contributed by atoms with van der Waals surface area (Å²) < 4.78 is 61.6. The van der Waals surface area contributed by atoms with Gasteiger partial charge in [-0.25, -0.2) is 4.39 Å². The molecule has 3 nitrogen and oxygen atoms in total. The number of hydrogen-bond donors (Lipinski definition) is 1. The van der Waals surface area contributed by atoms with E-state index in [-0.39, 0.29) is 11.3 Å². The Labute approximate surface area is 115 Å². The lowest BCUT2D eigenvalue weighted by Crippen LogP contribution is -2.36. The van der Waals surface area contributed by atoms with Crippen molar-refractivity contribution in [3.8, 4) is 0 Å². The zero-order valence-electron chi connectivity index (χ0n) is 10.8. The highest BCUT2D eigenvalue weighted by molar-refractivity contribution is 7.84. The quantitative estimate of drug-likeness (QED) is 0.868. The van der Waals surface area contributed by atoms with Crippen LogP contribution in [0.15, 0.2) is 18.2 Å². The van der Waals surface area contributed by atoms with Crippen molar-refractivity contribution in [1.29, 1.82) is 0 Å². The molecule has 0 radical (unpaired) electrons. The van der Waals surface area contributed by atoms with Crippen LogP contribution in [0.5, 0.6) is 0 Å². The highest BCUT2D eigenvalue weighted by Crippen LogP contribution is 2.31. The third-order valence-corrected chi connectivity index (χ3v) is 3.37. The van der Waals surface area contributed by atoms with Crippen molar-refractivity contribution in [3.63, 3.8) is 0 Å². The minimum Gasteiger partial charge on any atom is -0.349 e. The summed E-state index contributed by atoms with van der Waals surface area (Å²) in [6, 6.07) is 1.56. The fraction of sp³-hybridized carbons (Fsp3) is 0.417. The molecule has 1 aromatic carbocycles. The Morgan fingerprint density at radius 2 is 2.00 bits per heavy atom. The van der Waals surface area contributed by atoms with Gasteiger partial charge in [-0.1, -0.05) is 0 Å². The lowest BCUT2D eigenvalue weighted by Gasteiger charge is -2.14. The Morgan fingerprint density at radius 1 is 1.40 bits per heavy atom. The standard InChI is InChI=1S/C12H13F4NO2S/c1-7(6-20(2)19)17-11(18)8-3-4-10(13)9(5-8)12(14,15)16/h3-5,7H,6H2,1-2H3,(H,17,18). The van der Waals surface area contributed by atoms with E-state index >= 15 is 0 Å². The first-order chi connectivity index (χ1) is 9.11. The maximum atomic E-state index is 13.1. The molecule has 8 heteroatoms. The van der Waals surface area contributed by atoms with Gasteiger partial charge < -0.3 is 5.32 Å². The van der Waals surface area contributed by atoms with Gasteiger partial charge in [0.1, 0.15) is 5.82 Å². The second kappa shape index (κ2) is 6.34. The number of carbonyl (C=O) groups is 1. The fourth-order valence-electron chi connectivity index (χ4n) is 1.58. The summed E-state index contributed by atoms with van der Waals surface area (Å²) in [6.45, 7) is 1.58. The van der Waals surface area contributed by atoms with E-state index in [1.807, 2.05) is 0 Å². The summed E-state index contributed by atoms with van der Waals surface area (Å²) >= 11 is 0. The molecular weight excluding hydrogens is 298 g/mol. The van der Waals surface area contributed by atoms with Gasteiger partial charge in [-0.15, -0.1) is 0 Å². The first-order valence-electron chi connectivity index (χ1n) is 5.59. The molecule has 0 saturated carbocycles. The summed E-state index contributed by atoms with van der Waals surface area (Å²) in [5.41, 5.74) is -1.79. The highest BCUT2D eigenvalue weighted by atomic mass is 32.2. The molecule has 1 rings (SSSR count). The molecule has 0 saturated heterocycles. The Morgan fingerprint density at radius 3 is 2.50 bits per heavy atom. The van der Waals surface area contributed by atoms with Crippen LogP contribution in [0.2, 0.25) is 0 Å². The Kier molecular flexibility index (Phi) is 5.27. The molecule has 0 heterocycles. The van der Waals surface area contributed by atoms with E-state index in [2.05, 4.69) is 5.32 Å².